The molecule has 1 fully saturated rings. The van der Waals surface area contributed by atoms with Gasteiger partial charge in [0.2, 0.25) is 5.91 Å². The van der Waals surface area contributed by atoms with E-state index in [1.54, 1.807) is 36.7 Å². The normalized spacial score (nSPS) is 13.1. The maximum atomic E-state index is 12.3. The summed E-state index contributed by atoms with van der Waals surface area (Å²) < 4.78 is 5.81. The molecular formula is C25H23N3O3. The minimum absolute atomic E-state index is 0.0536. The van der Waals surface area contributed by atoms with Gasteiger partial charge in [0, 0.05) is 29.6 Å². The summed E-state index contributed by atoms with van der Waals surface area (Å²) in [7, 11) is 0. The molecule has 1 aliphatic carbocycles. The van der Waals surface area contributed by atoms with Crippen molar-refractivity contribution in [1.29, 1.82) is 0 Å². The van der Waals surface area contributed by atoms with Gasteiger partial charge in [-0.15, -0.1) is 0 Å². The van der Waals surface area contributed by atoms with Crippen molar-refractivity contribution in [3.63, 3.8) is 0 Å². The van der Waals surface area contributed by atoms with Crippen molar-refractivity contribution in [3.8, 4) is 11.5 Å². The Labute approximate surface area is 181 Å². The molecule has 2 N–H and O–H groups in total. The maximum Gasteiger partial charge on any atom is 0.251 e. The highest BCUT2D eigenvalue weighted by Crippen LogP contribution is 2.26. The first-order valence-electron chi connectivity index (χ1n) is 10.2. The maximum absolute atomic E-state index is 12.3. The number of anilines is 1. The van der Waals surface area contributed by atoms with E-state index in [0.29, 0.717) is 28.8 Å². The number of benzene rings is 2. The number of aryl methyl sites for hydroxylation is 1. The Kier molecular flexibility index (Phi) is 6.08. The topological polar surface area (TPSA) is 80.3 Å². The number of hydrogen-bond donors (Lipinski definition) is 2. The summed E-state index contributed by atoms with van der Waals surface area (Å²) in [4.78, 5) is 28.3. The summed E-state index contributed by atoms with van der Waals surface area (Å²) >= 11 is 0. The second-order valence-electron chi connectivity index (χ2n) is 7.46. The van der Waals surface area contributed by atoms with E-state index in [-0.39, 0.29) is 11.8 Å². The van der Waals surface area contributed by atoms with Crippen molar-refractivity contribution in [2.24, 2.45) is 0 Å². The van der Waals surface area contributed by atoms with Gasteiger partial charge in [-0.05, 0) is 79.4 Å². The van der Waals surface area contributed by atoms with Crippen LogP contribution in [0.2, 0.25) is 0 Å². The van der Waals surface area contributed by atoms with Crippen molar-refractivity contribution in [2.75, 3.05) is 5.32 Å². The number of nitrogens with zero attached hydrogens (tertiary/aromatic N) is 1. The van der Waals surface area contributed by atoms with Gasteiger partial charge in [0.15, 0.2) is 0 Å². The van der Waals surface area contributed by atoms with E-state index < -0.39 is 0 Å². The largest absolute Gasteiger partial charge is 0.455 e. The SMILES string of the molecule is Cc1cc(NC(=O)C=Cc2ccc(C(=O)NC3CC3)cc2)ccc1Oc1cccnc1. The summed E-state index contributed by atoms with van der Waals surface area (Å²) in [6, 6.07) is 16.6. The fourth-order valence-corrected chi connectivity index (χ4v) is 2.97. The lowest BCUT2D eigenvalue weighted by Gasteiger charge is -2.10. The van der Waals surface area contributed by atoms with Crippen LogP contribution < -0.4 is 15.4 Å². The fraction of sp³-hybridized carbons (Fsp3) is 0.160. The van der Waals surface area contributed by atoms with Crippen LogP contribution in [0.4, 0.5) is 5.69 Å². The van der Waals surface area contributed by atoms with Gasteiger partial charge in [0.05, 0.1) is 6.20 Å². The molecule has 0 unspecified atom stereocenters. The molecule has 4 rings (SSSR count). The summed E-state index contributed by atoms with van der Waals surface area (Å²) in [6.45, 7) is 1.91. The zero-order valence-electron chi connectivity index (χ0n) is 17.2. The first-order valence-corrected chi connectivity index (χ1v) is 10.2. The Balaban J connectivity index is 1.33. The fourth-order valence-electron chi connectivity index (χ4n) is 2.97. The molecule has 0 bridgehead atoms. The van der Waals surface area contributed by atoms with Crippen LogP contribution in [-0.4, -0.2) is 22.8 Å². The van der Waals surface area contributed by atoms with Crippen LogP contribution in [0.15, 0.2) is 73.1 Å². The Bertz CT molecular complexity index is 1100. The summed E-state index contributed by atoms with van der Waals surface area (Å²) in [5, 5.41) is 5.80. The lowest BCUT2D eigenvalue weighted by atomic mass is 10.1. The van der Waals surface area contributed by atoms with Gasteiger partial charge in [-0.2, -0.15) is 0 Å². The third-order valence-electron chi connectivity index (χ3n) is 4.82. The van der Waals surface area contributed by atoms with Gasteiger partial charge in [-0.3, -0.25) is 14.6 Å². The summed E-state index contributed by atoms with van der Waals surface area (Å²) in [5.74, 6) is 1.06. The van der Waals surface area contributed by atoms with Crippen LogP contribution in [0, 0.1) is 6.92 Å². The van der Waals surface area contributed by atoms with Crippen molar-refractivity contribution in [3.05, 3.63) is 89.8 Å². The number of hydrogen-bond acceptors (Lipinski definition) is 4. The van der Waals surface area contributed by atoms with Crippen LogP contribution in [0.25, 0.3) is 6.08 Å². The Morgan fingerprint density at radius 1 is 1.10 bits per heavy atom. The molecule has 1 aliphatic rings. The average molecular weight is 413 g/mol. The molecule has 6 heteroatoms. The van der Waals surface area contributed by atoms with E-state index >= 15 is 0 Å². The molecule has 0 radical (unpaired) electrons. The van der Waals surface area contributed by atoms with Gasteiger partial charge in [0.25, 0.3) is 5.91 Å². The third kappa shape index (κ3) is 5.79. The van der Waals surface area contributed by atoms with E-state index in [1.807, 2.05) is 43.3 Å². The first-order chi connectivity index (χ1) is 15.1. The van der Waals surface area contributed by atoms with E-state index in [4.69, 9.17) is 4.74 Å². The van der Waals surface area contributed by atoms with Crippen LogP contribution in [0.5, 0.6) is 11.5 Å². The number of nitrogens with one attached hydrogen (secondary N) is 2. The second kappa shape index (κ2) is 9.26. The predicted molar refractivity (Wildman–Crippen MR) is 120 cm³/mol. The summed E-state index contributed by atoms with van der Waals surface area (Å²) in [5.41, 5.74) is 3.04. The van der Waals surface area contributed by atoms with E-state index in [0.717, 1.165) is 24.0 Å². The smallest absolute Gasteiger partial charge is 0.251 e. The van der Waals surface area contributed by atoms with Gasteiger partial charge in [0.1, 0.15) is 11.5 Å². The average Bonchev–Trinajstić information content (AvgIpc) is 3.59. The molecule has 6 nitrogen and oxygen atoms in total. The van der Waals surface area contributed by atoms with Crippen LogP contribution >= 0.6 is 0 Å². The Morgan fingerprint density at radius 2 is 1.90 bits per heavy atom. The zero-order chi connectivity index (χ0) is 21.6. The highest BCUT2D eigenvalue weighted by atomic mass is 16.5. The molecule has 2 aromatic carbocycles. The van der Waals surface area contributed by atoms with Gasteiger partial charge in [-0.25, -0.2) is 0 Å². The van der Waals surface area contributed by atoms with Gasteiger partial charge < -0.3 is 15.4 Å². The molecule has 0 saturated heterocycles. The monoisotopic (exact) mass is 413 g/mol. The van der Waals surface area contributed by atoms with Crippen molar-refractivity contribution < 1.29 is 14.3 Å². The van der Waals surface area contributed by atoms with Crippen LogP contribution in [0.3, 0.4) is 0 Å². The number of carbonyl (C=O) groups is 2. The molecule has 0 spiro atoms. The molecule has 0 atom stereocenters. The first kappa shape index (κ1) is 20.3. The predicted octanol–water partition coefficient (Wildman–Crippen LogP) is 4.73. The summed E-state index contributed by atoms with van der Waals surface area (Å²) in [6.07, 6.45) is 8.63. The quantitative estimate of drug-likeness (QED) is 0.549. The van der Waals surface area contributed by atoms with Crippen molar-refractivity contribution in [1.82, 2.24) is 10.3 Å². The van der Waals surface area contributed by atoms with E-state index in [1.165, 1.54) is 6.08 Å². The lowest BCUT2D eigenvalue weighted by molar-refractivity contribution is -0.111. The standard InChI is InChI=1S/C25H23N3O3/c1-17-15-21(11-12-23(17)31-22-3-2-14-26-16-22)27-24(29)13-6-18-4-7-19(8-5-18)25(30)28-20-9-10-20/h2-8,11-16,20H,9-10H2,1H3,(H,27,29)(H,28,30). The zero-order valence-corrected chi connectivity index (χ0v) is 17.2. The molecule has 3 aromatic rings. The minimum atomic E-state index is -0.240. The molecular weight excluding hydrogens is 390 g/mol. The second-order valence-corrected chi connectivity index (χ2v) is 7.46. The van der Waals surface area contributed by atoms with Gasteiger partial charge in [-0.1, -0.05) is 12.1 Å². The minimum Gasteiger partial charge on any atom is -0.455 e. The molecule has 2 amide bonds. The Morgan fingerprint density at radius 3 is 2.58 bits per heavy atom. The highest BCUT2D eigenvalue weighted by Gasteiger charge is 2.23. The molecule has 31 heavy (non-hydrogen) atoms. The lowest BCUT2D eigenvalue weighted by Crippen LogP contribution is -2.25. The van der Waals surface area contributed by atoms with Crippen LogP contribution in [-0.2, 0) is 4.79 Å². The number of amides is 2. The number of pyridine rings is 1. The van der Waals surface area contributed by atoms with Crippen LogP contribution in [0.1, 0.15) is 34.3 Å². The van der Waals surface area contributed by atoms with Crippen molar-refractivity contribution >= 4 is 23.6 Å². The number of aromatic nitrogens is 1. The molecule has 1 heterocycles. The third-order valence-corrected chi connectivity index (χ3v) is 4.82. The Hall–Kier alpha value is -3.93. The molecule has 1 aromatic heterocycles. The van der Waals surface area contributed by atoms with Crippen molar-refractivity contribution in [2.45, 2.75) is 25.8 Å². The molecule has 156 valence electrons. The molecule has 1 saturated carbocycles. The number of ether oxygens (including phenoxy) is 1. The van der Waals surface area contributed by atoms with Gasteiger partial charge >= 0.3 is 0 Å². The van der Waals surface area contributed by atoms with E-state index in [2.05, 4.69) is 15.6 Å². The number of rotatable bonds is 7. The highest BCUT2D eigenvalue weighted by molar-refractivity contribution is 6.02. The number of carbonyl (C=O) groups excluding carboxylic acids is 2. The van der Waals surface area contributed by atoms with E-state index in [9.17, 15) is 9.59 Å². The molecule has 0 aliphatic heterocycles.